The molecule has 6 nitrogen and oxygen atoms in total. The van der Waals surface area contributed by atoms with Gasteiger partial charge in [-0.05, 0) is 55.2 Å². The Morgan fingerprint density at radius 1 is 1.12 bits per heavy atom. The third-order valence-corrected chi connectivity index (χ3v) is 4.62. The number of rotatable bonds is 7. The van der Waals surface area contributed by atoms with Crippen LogP contribution >= 0.6 is 0 Å². The Balaban J connectivity index is 1.78. The molecule has 0 unspecified atom stereocenters. The molecule has 0 fully saturated rings. The first-order chi connectivity index (χ1) is 11.8. The van der Waals surface area contributed by atoms with E-state index in [9.17, 15) is 13.2 Å². The van der Waals surface area contributed by atoms with Crippen LogP contribution in [0.4, 0.5) is 0 Å². The number of aryl methyl sites for hydroxylation is 2. The minimum atomic E-state index is -3.68. The number of nitrogens with one attached hydrogen (secondary N) is 1. The van der Waals surface area contributed by atoms with Crippen LogP contribution in [0.15, 0.2) is 47.4 Å². The van der Waals surface area contributed by atoms with Crippen molar-refractivity contribution in [2.45, 2.75) is 25.2 Å². The summed E-state index contributed by atoms with van der Waals surface area (Å²) in [5, 5.41) is 7.82. The van der Waals surface area contributed by atoms with Gasteiger partial charge in [-0.15, -0.1) is 0 Å². The van der Waals surface area contributed by atoms with Crippen molar-refractivity contribution >= 4 is 15.9 Å². The molecular formula is C18H22N2O4S. The monoisotopic (exact) mass is 362 g/mol. The first-order valence-electron chi connectivity index (χ1n) is 7.84. The molecule has 0 heterocycles. The molecule has 0 aliphatic heterocycles. The highest BCUT2D eigenvalue weighted by Gasteiger charge is 2.07. The summed E-state index contributed by atoms with van der Waals surface area (Å²) in [5.41, 5.74) is 2.96. The topological polar surface area (TPSA) is 98.5 Å². The van der Waals surface area contributed by atoms with Crippen LogP contribution < -0.4 is 15.2 Å². The molecular weight excluding hydrogens is 340 g/mol. The van der Waals surface area contributed by atoms with Crippen molar-refractivity contribution in [1.82, 2.24) is 5.32 Å². The van der Waals surface area contributed by atoms with Crippen molar-refractivity contribution in [2.75, 3.05) is 13.2 Å². The number of amides is 1. The molecule has 0 bridgehead atoms. The maximum Gasteiger partial charge on any atom is 0.257 e. The Bertz CT molecular complexity index is 846. The largest absolute Gasteiger partial charge is 0.483 e. The lowest BCUT2D eigenvalue weighted by atomic mass is 10.1. The summed E-state index contributed by atoms with van der Waals surface area (Å²) in [6.07, 6.45) is 0.583. The normalized spacial score (nSPS) is 11.2. The Morgan fingerprint density at radius 3 is 2.44 bits per heavy atom. The summed E-state index contributed by atoms with van der Waals surface area (Å²) in [7, 11) is -3.68. The molecule has 2 rings (SSSR count). The van der Waals surface area contributed by atoms with Gasteiger partial charge in [0.2, 0.25) is 10.0 Å². The first-order valence-corrected chi connectivity index (χ1v) is 9.39. The van der Waals surface area contributed by atoms with E-state index >= 15 is 0 Å². The quantitative estimate of drug-likeness (QED) is 0.783. The van der Waals surface area contributed by atoms with Gasteiger partial charge in [0.15, 0.2) is 6.61 Å². The number of carbonyl (C=O) groups excluding carboxylic acids is 1. The number of nitrogens with two attached hydrogens (primary N) is 1. The van der Waals surface area contributed by atoms with Crippen LogP contribution in [0.5, 0.6) is 5.75 Å². The van der Waals surface area contributed by atoms with Crippen LogP contribution in [0.1, 0.15) is 16.7 Å². The van der Waals surface area contributed by atoms with Crippen molar-refractivity contribution in [3.63, 3.8) is 0 Å². The van der Waals surface area contributed by atoms with Crippen molar-refractivity contribution in [2.24, 2.45) is 5.14 Å². The average Bonchev–Trinajstić information content (AvgIpc) is 2.55. The lowest BCUT2D eigenvalue weighted by Crippen LogP contribution is -2.30. The van der Waals surface area contributed by atoms with Crippen LogP contribution in [0.3, 0.4) is 0 Å². The highest BCUT2D eigenvalue weighted by atomic mass is 32.2. The fourth-order valence-electron chi connectivity index (χ4n) is 2.25. The van der Waals surface area contributed by atoms with E-state index in [1.807, 2.05) is 32.0 Å². The average molecular weight is 362 g/mol. The number of carbonyl (C=O) groups is 1. The van der Waals surface area contributed by atoms with Gasteiger partial charge in [-0.1, -0.05) is 24.3 Å². The Morgan fingerprint density at radius 2 is 1.80 bits per heavy atom. The van der Waals surface area contributed by atoms with E-state index < -0.39 is 10.0 Å². The maximum absolute atomic E-state index is 11.9. The number of sulfonamides is 1. The van der Waals surface area contributed by atoms with Crippen molar-refractivity contribution < 1.29 is 17.9 Å². The van der Waals surface area contributed by atoms with Crippen LogP contribution in [0.25, 0.3) is 0 Å². The summed E-state index contributed by atoms with van der Waals surface area (Å²) in [4.78, 5) is 11.9. The number of primary sulfonamides is 1. The predicted octanol–water partition coefficient (Wildman–Crippen LogP) is 1.69. The molecule has 3 N–H and O–H groups in total. The third-order valence-electron chi connectivity index (χ3n) is 3.69. The van der Waals surface area contributed by atoms with Gasteiger partial charge in [0.05, 0.1) is 4.90 Å². The Labute approximate surface area is 148 Å². The SMILES string of the molecule is Cc1ccc(C)c(OCC(=O)NCCc2ccc(S(N)(=O)=O)cc2)c1. The highest BCUT2D eigenvalue weighted by molar-refractivity contribution is 7.89. The molecule has 0 aliphatic carbocycles. The van der Waals surface area contributed by atoms with Crippen LogP contribution in [0.2, 0.25) is 0 Å². The molecule has 0 saturated carbocycles. The zero-order valence-electron chi connectivity index (χ0n) is 14.3. The van der Waals surface area contributed by atoms with Gasteiger partial charge in [0.1, 0.15) is 5.75 Å². The van der Waals surface area contributed by atoms with Gasteiger partial charge >= 0.3 is 0 Å². The molecule has 0 spiro atoms. The molecule has 2 aromatic rings. The van der Waals surface area contributed by atoms with Gasteiger partial charge in [-0.2, -0.15) is 0 Å². The molecule has 2 aromatic carbocycles. The smallest absolute Gasteiger partial charge is 0.257 e. The van der Waals surface area contributed by atoms with Crippen molar-refractivity contribution in [3.05, 3.63) is 59.2 Å². The molecule has 7 heteroatoms. The molecule has 1 amide bonds. The Kier molecular flexibility index (Phi) is 6.17. The maximum atomic E-state index is 11.9. The summed E-state index contributed by atoms with van der Waals surface area (Å²) in [6.45, 7) is 4.28. The van der Waals surface area contributed by atoms with Crippen LogP contribution in [-0.4, -0.2) is 27.5 Å². The summed E-state index contributed by atoms with van der Waals surface area (Å²) >= 11 is 0. The minimum Gasteiger partial charge on any atom is -0.483 e. The predicted molar refractivity (Wildman–Crippen MR) is 95.9 cm³/mol. The van der Waals surface area contributed by atoms with Gasteiger partial charge < -0.3 is 10.1 Å². The molecule has 0 radical (unpaired) electrons. The number of benzene rings is 2. The minimum absolute atomic E-state index is 0.0470. The zero-order chi connectivity index (χ0) is 18.4. The van der Waals surface area contributed by atoms with Crippen LogP contribution in [-0.2, 0) is 21.2 Å². The number of ether oxygens (including phenoxy) is 1. The number of hydrogen-bond acceptors (Lipinski definition) is 4. The standard InChI is InChI=1S/C18H22N2O4S/c1-13-3-4-14(2)17(11-13)24-12-18(21)20-10-9-15-5-7-16(8-6-15)25(19,22)23/h3-8,11H,9-10,12H2,1-2H3,(H,20,21)(H2,19,22,23). The van der Waals surface area contributed by atoms with E-state index in [0.29, 0.717) is 18.7 Å². The molecule has 0 atom stereocenters. The van der Waals surface area contributed by atoms with Gasteiger partial charge in [0.25, 0.3) is 5.91 Å². The highest BCUT2D eigenvalue weighted by Crippen LogP contribution is 2.18. The van der Waals surface area contributed by atoms with Crippen molar-refractivity contribution in [1.29, 1.82) is 0 Å². The van der Waals surface area contributed by atoms with Gasteiger partial charge in [0, 0.05) is 6.54 Å². The lowest BCUT2D eigenvalue weighted by molar-refractivity contribution is -0.123. The van der Waals surface area contributed by atoms with E-state index in [-0.39, 0.29) is 17.4 Å². The summed E-state index contributed by atoms with van der Waals surface area (Å²) < 4.78 is 27.9. The first kappa shape index (κ1) is 19.0. The molecule has 0 saturated heterocycles. The second kappa shape index (κ2) is 8.13. The lowest BCUT2D eigenvalue weighted by Gasteiger charge is -2.10. The van der Waals surface area contributed by atoms with E-state index in [1.54, 1.807) is 12.1 Å². The molecule has 0 aromatic heterocycles. The fraction of sp³-hybridized carbons (Fsp3) is 0.278. The number of hydrogen-bond donors (Lipinski definition) is 2. The second-order valence-corrected chi connectivity index (χ2v) is 7.41. The Hall–Kier alpha value is -2.38. The van der Waals surface area contributed by atoms with Gasteiger partial charge in [-0.25, -0.2) is 13.6 Å². The van der Waals surface area contributed by atoms with Crippen molar-refractivity contribution in [3.8, 4) is 5.75 Å². The fourth-order valence-corrected chi connectivity index (χ4v) is 2.76. The second-order valence-electron chi connectivity index (χ2n) is 5.85. The van der Waals surface area contributed by atoms with E-state index in [4.69, 9.17) is 9.88 Å². The molecule has 25 heavy (non-hydrogen) atoms. The van der Waals surface area contributed by atoms with Crippen LogP contribution in [0, 0.1) is 13.8 Å². The van der Waals surface area contributed by atoms with E-state index in [2.05, 4.69) is 5.32 Å². The van der Waals surface area contributed by atoms with Gasteiger partial charge in [-0.3, -0.25) is 4.79 Å². The third kappa shape index (κ3) is 5.88. The summed E-state index contributed by atoms with van der Waals surface area (Å²) in [6, 6.07) is 12.1. The summed E-state index contributed by atoms with van der Waals surface area (Å²) in [5.74, 6) is 0.496. The van der Waals surface area contributed by atoms with E-state index in [0.717, 1.165) is 16.7 Å². The zero-order valence-corrected chi connectivity index (χ0v) is 15.1. The molecule has 134 valence electrons. The van der Waals surface area contributed by atoms with E-state index in [1.165, 1.54) is 12.1 Å². The molecule has 0 aliphatic rings.